The van der Waals surface area contributed by atoms with Crippen molar-refractivity contribution in [1.29, 1.82) is 0 Å². The number of para-hydroxylation sites is 1. The summed E-state index contributed by atoms with van der Waals surface area (Å²) in [5.41, 5.74) is 2.49. The molecule has 4 rings (SSSR count). The molecule has 172 valence electrons. The van der Waals surface area contributed by atoms with E-state index < -0.39 is 6.04 Å². The van der Waals surface area contributed by atoms with Crippen molar-refractivity contribution in [1.82, 2.24) is 30.3 Å². The van der Waals surface area contributed by atoms with Gasteiger partial charge in [-0.05, 0) is 37.7 Å². The Hall–Kier alpha value is -3.72. The molecule has 1 aliphatic rings. The van der Waals surface area contributed by atoms with Crippen molar-refractivity contribution in [2.24, 2.45) is 0 Å². The second kappa shape index (κ2) is 10.3. The Bertz CT molecular complexity index is 1080. The molecule has 9 heteroatoms. The van der Waals surface area contributed by atoms with Crippen molar-refractivity contribution < 1.29 is 14.3 Å². The van der Waals surface area contributed by atoms with E-state index in [1.165, 1.54) is 6.33 Å². The number of aromatic amines is 1. The van der Waals surface area contributed by atoms with Crippen LogP contribution in [0.3, 0.4) is 0 Å². The van der Waals surface area contributed by atoms with Crippen LogP contribution in [-0.2, 0) is 4.79 Å². The maximum Gasteiger partial charge on any atom is 0.253 e. The Morgan fingerprint density at radius 2 is 1.94 bits per heavy atom. The van der Waals surface area contributed by atoms with E-state index >= 15 is 0 Å². The SMILES string of the molecule is Cc1ccccc1OCCNC(=O)[C@H]1CN(C(=O)c2ccc(-c3ncn[nH]3)cc2)CCN1C. The fraction of sp³-hybridized carbons (Fsp3) is 0.333. The molecule has 1 fully saturated rings. The van der Waals surface area contributed by atoms with Crippen LogP contribution < -0.4 is 10.1 Å². The van der Waals surface area contributed by atoms with Gasteiger partial charge in [-0.3, -0.25) is 19.6 Å². The maximum atomic E-state index is 13.0. The van der Waals surface area contributed by atoms with Gasteiger partial charge in [-0.15, -0.1) is 0 Å². The van der Waals surface area contributed by atoms with Crippen molar-refractivity contribution in [2.45, 2.75) is 13.0 Å². The van der Waals surface area contributed by atoms with Crippen LogP contribution in [0.4, 0.5) is 0 Å². The van der Waals surface area contributed by atoms with Gasteiger partial charge >= 0.3 is 0 Å². The maximum absolute atomic E-state index is 13.0. The van der Waals surface area contributed by atoms with E-state index in [2.05, 4.69) is 20.5 Å². The molecule has 2 amide bonds. The Labute approximate surface area is 192 Å². The van der Waals surface area contributed by atoms with Crippen molar-refractivity contribution in [2.75, 3.05) is 39.8 Å². The van der Waals surface area contributed by atoms with E-state index in [1.807, 2.05) is 55.3 Å². The normalized spacial score (nSPS) is 16.4. The predicted molar refractivity (Wildman–Crippen MR) is 124 cm³/mol. The molecule has 2 N–H and O–H groups in total. The van der Waals surface area contributed by atoms with Crippen molar-refractivity contribution in [3.63, 3.8) is 0 Å². The largest absolute Gasteiger partial charge is 0.491 e. The van der Waals surface area contributed by atoms with Crippen LogP contribution in [0.5, 0.6) is 5.75 Å². The lowest BCUT2D eigenvalue weighted by molar-refractivity contribution is -0.127. The van der Waals surface area contributed by atoms with Gasteiger partial charge in [0, 0.05) is 30.8 Å². The number of carbonyl (C=O) groups excluding carboxylic acids is 2. The third-order valence-corrected chi connectivity index (χ3v) is 5.81. The third kappa shape index (κ3) is 5.38. The van der Waals surface area contributed by atoms with Gasteiger partial charge in [0.2, 0.25) is 5.91 Å². The molecule has 0 saturated carbocycles. The zero-order chi connectivity index (χ0) is 23.2. The number of aryl methyl sites for hydroxylation is 1. The average molecular weight is 449 g/mol. The summed E-state index contributed by atoms with van der Waals surface area (Å²) in [4.78, 5) is 33.7. The highest BCUT2D eigenvalue weighted by molar-refractivity contribution is 5.95. The van der Waals surface area contributed by atoms with Crippen LogP contribution in [0, 0.1) is 6.92 Å². The summed E-state index contributed by atoms with van der Waals surface area (Å²) in [5, 5.41) is 9.59. The molecule has 9 nitrogen and oxygen atoms in total. The molecule has 1 saturated heterocycles. The molecule has 3 aromatic rings. The number of hydrogen-bond donors (Lipinski definition) is 2. The van der Waals surface area contributed by atoms with Crippen LogP contribution >= 0.6 is 0 Å². The van der Waals surface area contributed by atoms with Crippen LogP contribution in [0.2, 0.25) is 0 Å². The van der Waals surface area contributed by atoms with Gasteiger partial charge < -0.3 is 15.0 Å². The molecule has 0 bridgehead atoms. The molecular weight excluding hydrogens is 420 g/mol. The molecule has 2 aromatic carbocycles. The van der Waals surface area contributed by atoms with E-state index in [-0.39, 0.29) is 11.8 Å². The highest BCUT2D eigenvalue weighted by Crippen LogP contribution is 2.18. The summed E-state index contributed by atoms with van der Waals surface area (Å²) in [6.45, 7) is 4.29. The minimum absolute atomic E-state index is 0.0899. The summed E-state index contributed by atoms with van der Waals surface area (Å²) >= 11 is 0. The predicted octanol–water partition coefficient (Wildman–Crippen LogP) is 1.73. The van der Waals surface area contributed by atoms with E-state index in [9.17, 15) is 9.59 Å². The third-order valence-electron chi connectivity index (χ3n) is 5.81. The second-order valence-electron chi connectivity index (χ2n) is 8.06. The quantitative estimate of drug-likeness (QED) is 0.534. The van der Waals surface area contributed by atoms with E-state index in [0.717, 1.165) is 16.9 Å². The van der Waals surface area contributed by atoms with Crippen molar-refractivity contribution in [3.8, 4) is 17.1 Å². The lowest BCUT2D eigenvalue weighted by Gasteiger charge is -2.38. The van der Waals surface area contributed by atoms with Gasteiger partial charge in [-0.1, -0.05) is 30.3 Å². The first-order valence-corrected chi connectivity index (χ1v) is 10.9. The molecule has 1 aromatic heterocycles. The monoisotopic (exact) mass is 448 g/mol. The lowest BCUT2D eigenvalue weighted by atomic mass is 10.1. The van der Waals surface area contributed by atoms with Crippen molar-refractivity contribution >= 4 is 11.8 Å². The zero-order valence-corrected chi connectivity index (χ0v) is 18.8. The molecule has 0 spiro atoms. The topological polar surface area (TPSA) is 103 Å². The van der Waals surface area contributed by atoms with Crippen LogP contribution in [0.15, 0.2) is 54.9 Å². The summed E-state index contributed by atoms with van der Waals surface area (Å²) in [6, 6.07) is 14.6. The van der Waals surface area contributed by atoms with E-state index in [1.54, 1.807) is 17.0 Å². The first kappa shape index (κ1) is 22.5. The number of benzene rings is 2. The van der Waals surface area contributed by atoms with Crippen molar-refractivity contribution in [3.05, 3.63) is 66.0 Å². The highest BCUT2D eigenvalue weighted by Gasteiger charge is 2.32. The Morgan fingerprint density at radius 3 is 2.67 bits per heavy atom. The number of H-pyrrole nitrogens is 1. The minimum atomic E-state index is -0.408. The lowest BCUT2D eigenvalue weighted by Crippen LogP contribution is -2.59. The molecule has 1 aliphatic heterocycles. The number of ether oxygens (including phenoxy) is 1. The molecule has 33 heavy (non-hydrogen) atoms. The number of amides is 2. The Morgan fingerprint density at radius 1 is 1.15 bits per heavy atom. The van der Waals surface area contributed by atoms with Gasteiger partial charge in [0.25, 0.3) is 5.91 Å². The number of nitrogens with zero attached hydrogens (tertiary/aromatic N) is 4. The molecule has 1 atom stereocenters. The number of nitrogens with one attached hydrogen (secondary N) is 2. The summed E-state index contributed by atoms with van der Waals surface area (Å²) in [6.07, 6.45) is 1.44. The molecule has 0 unspecified atom stereocenters. The number of likely N-dealkylation sites (N-methyl/N-ethyl adjacent to an activating group) is 1. The molecular formula is C24H28N6O3. The minimum Gasteiger partial charge on any atom is -0.491 e. The summed E-state index contributed by atoms with van der Waals surface area (Å²) in [7, 11) is 1.90. The number of hydrogen-bond acceptors (Lipinski definition) is 6. The Balaban J connectivity index is 1.31. The Kier molecular flexibility index (Phi) is 6.99. The van der Waals surface area contributed by atoms with Gasteiger partial charge in [-0.2, -0.15) is 5.10 Å². The molecule has 0 aliphatic carbocycles. The van der Waals surface area contributed by atoms with Gasteiger partial charge in [0.15, 0.2) is 5.82 Å². The molecule has 0 radical (unpaired) electrons. The number of rotatable bonds is 7. The number of carbonyl (C=O) groups is 2. The number of piperazine rings is 1. The first-order chi connectivity index (χ1) is 16.0. The van der Waals surface area contributed by atoms with E-state index in [4.69, 9.17) is 4.74 Å². The van der Waals surface area contributed by atoms with E-state index in [0.29, 0.717) is 44.2 Å². The van der Waals surface area contributed by atoms with Gasteiger partial charge in [0.05, 0.1) is 6.54 Å². The van der Waals surface area contributed by atoms with Crippen LogP contribution in [0.25, 0.3) is 11.4 Å². The van der Waals surface area contributed by atoms with Crippen LogP contribution in [-0.4, -0.2) is 82.7 Å². The zero-order valence-electron chi connectivity index (χ0n) is 18.8. The summed E-state index contributed by atoms with van der Waals surface area (Å²) in [5.74, 6) is 1.27. The fourth-order valence-corrected chi connectivity index (χ4v) is 3.81. The number of aromatic nitrogens is 3. The first-order valence-electron chi connectivity index (χ1n) is 10.9. The van der Waals surface area contributed by atoms with Crippen LogP contribution in [0.1, 0.15) is 15.9 Å². The smallest absolute Gasteiger partial charge is 0.253 e. The second-order valence-corrected chi connectivity index (χ2v) is 8.06. The van der Waals surface area contributed by atoms with Gasteiger partial charge in [0.1, 0.15) is 24.7 Å². The molecule has 2 heterocycles. The van der Waals surface area contributed by atoms with Gasteiger partial charge in [-0.25, -0.2) is 4.98 Å². The average Bonchev–Trinajstić information content (AvgIpc) is 3.38. The summed E-state index contributed by atoms with van der Waals surface area (Å²) < 4.78 is 5.75. The highest BCUT2D eigenvalue weighted by atomic mass is 16.5. The standard InChI is InChI=1S/C24H28N6O3/c1-17-5-3-4-6-21(17)33-14-11-25-23(31)20-15-30(13-12-29(20)2)24(32)19-9-7-18(8-10-19)22-26-16-27-28-22/h3-10,16,20H,11-15H2,1-2H3,(H,25,31)(H,26,27,28)/t20-/m1/s1. The fourth-order valence-electron chi connectivity index (χ4n) is 3.81.